The number of nitrogens with zero attached hydrogens (tertiary/aromatic N) is 4. The minimum atomic E-state index is -0.0121. The second kappa shape index (κ2) is 8.63. The predicted octanol–water partition coefficient (Wildman–Crippen LogP) is 1.80. The first-order chi connectivity index (χ1) is 13.3. The minimum Gasteiger partial charge on any atom is -0.375 e. The van der Waals surface area contributed by atoms with Gasteiger partial charge in [-0.15, -0.1) is 0 Å². The standard InChI is InChI=1S/C20H27N5O2/c26-19(25-8-6-17(7-9-25)20-21-15-22-23-20)12-18-14-24(10-11-27-18)13-16-4-2-1-3-5-16/h1-5,15,17-18H,6-14H2,(H,21,22,23). The summed E-state index contributed by atoms with van der Waals surface area (Å²) in [6.45, 7) is 4.91. The van der Waals surface area contributed by atoms with Crippen molar-refractivity contribution in [2.45, 2.75) is 37.8 Å². The molecule has 1 amide bonds. The van der Waals surface area contributed by atoms with Crippen LogP contribution in [0.5, 0.6) is 0 Å². The van der Waals surface area contributed by atoms with Gasteiger partial charge in [0, 0.05) is 38.6 Å². The Morgan fingerprint density at radius 2 is 2.00 bits per heavy atom. The molecule has 0 spiro atoms. The van der Waals surface area contributed by atoms with Crippen LogP contribution in [0, 0.1) is 0 Å². The van der Waals surface area contributed by atoms with Crippen molar-refractivity contribution in [3.8, 4) is 0 Å². The molecule has 0 saturated carbocycles. The van der Waals surface area contributed by atoms with Crippen molar-refractivity contribution in [3.05, 3.63) is 48.0 Å². The van der Waals surface area contributed by atoms with E-state index in [1.165, 1.54) is 5.56 Å². The molecule has 4 rings (SSSR count). The summed E-state index contributed by atoms with van der Waals surface area (Å²) < 4.78 is 5.87. The molecule has 2 fully saturated rings. The number of morpholine rings is 1. The largest absolute Gasteiger partial charge is 0.375 e. The van der Waals surface area contributed by atoms with Gasteiger partial charge < -0.3 is 9.64 Å². The maximum Gasteiger partial charge on any atom is 0.225 e. The van der Waals surface area contributed by atoms with Gasteiger partial charge in [-0.25, -0.2) is 4.98 Å². The fourth-order valence-corrected chi connectivity index (χ4v) is 4.03. The van der Waals surface area contributed by atoms with Gasteiger partial charge in [-0.2, -0.15) is 5.10 Å². The fraction of sp³-hybridized carbons (Fsp3) is 0.550. The molecule has 1 unspecified atom stereocenters. The molecule has 1 N–H and O–H groups in total. The molecule has 27 heavy (non-hydrogen) atoms. The van der Waals surface area contributed by atoms with Gasteiger partial charge in [-0.3, -0.25) is 14.8 Å². The van der Waals surface area contributed by atoms with Crippen molar-refractivity contribution in [3.63, 3.8) is 0 Å². The van der Waals surface area contributed by atoms with Crippen LogP contribution in [0.2, 0.25) is 0 Å². The van der Waals surface area contributed by atoms with Gasteiger partial charge >= 0.3 is 0 Å². The van der Waals surface area contributed by atoms with E-state index in [9.17, 15) is 4.79 Å². The van der Waals surface area contributed by atoms with E-state index >= 15 is 0 Å². The highest BCUT2D eigenvalue weighted by atomic mass is 16.5. The average molecular weight is 369 g/mol. The molecule has 3 heterocycles. The first kappa shape index (κ1) is 18.1. The molecule has 0 radical (unpaired) electrons. The highest BCUT2D eigenvalue weighted by Gasteiger charge is 2.29. The number of carbonyl (C=O) groups is 1. The maximum absolute atomic E-state index is 12.7. The van der Waals surface area contributed by atoms with Gasteiger partial charge in [-0.05, 0) is 18.4 Å². The molecule has 1 aromatic carbocycles. The number of nitrogens with one attached hydrogen (secondary N) is 1. The van der Waals surface area contributed by atoms with Crippen LogP contribution >= 0.6 is 0 Å². The van der Waals surface area contributed by atoms with E-state index in [0.717, 1.165) is 51.4 Å². The summed E-state index contributed by atoms with van der Waals surface area (Å²) in [4.78, 5) is 21.3. The van der Waals surface area contributed by atoms with Gasteiger partial charge in [0.05, 0.1) is 19.1 Å². The van der Waals surface area contributed by atoms with Crippen molar-refractivity contribution >= 4 is 5.91 Å². The van der Waals surface area contributed by atoms with Crippen LogP contribution in [0.25, 0.3) is 0 Å². The van der Waals surface area contributed by atoms with Crippen LogP contribution < -0.4 is 0 Å². The summed E-state index contributed by atoms with van der Waals surface area (Å²) in [6, 6.07) is 10.5. The molecule has 2 aromatic rings. The number of aromatic amines is 1. The van der Waals surface area contributed by atoms with E-state index in [4.69, 9.17) is 4.74 Å². The number of hydrogen-bond donors (Lipinski definition) is 1. The number of hydrogen-bond acceptors (Lipinski definition) is 5. The molecule has 0 aliphatic carbocycles. The monoisotopic (exact) mass is 369 g/mol. The van der Waals surface area contributed by atoms with Crippen molar-refractivity contribution < 1.29 is 9.53 Å². The molecule has 2 aliphatic heterocycles. The lowest BCUT2D eigenvalue weighted by Gasteiger charge is -2.35. The number of likely N-dealkylation sites (tertiary alicyclic amines) is 1. The van der Waals surface area contributed by atoms with Crippen molar-refractivity contribution in [2.24, 2.45) is 0 Å². The number of ether oxygens (including phenoxy) is 1. The summed E-state index contributed by atoms with van der Waals surface area (Å²) >= 11 is 0. The van der Waals surface area contributed by atoms with E-state index in [1.807, 2.05) is 11.0 Å². The lowest BCUT2D eigenvalue weighted by atomic mass is 9.96. The fourth-order valence-electron chi connectivity index (χ4n) is 4.03. The summed E-state index contributed by atoms with van der Waals surface area (Å²) in [5, 5.41) is 6.88. The summed E-state index contributed by atoms with van der Waals surface area (Å²) in [7, 11) is 0. The summed E-state index contributed by atoms with van der Waals surface area (Å²) in [6.07, 6.45) is 3.88. The smallest absolute Gasteiger partial charge is 0.225 e. The molecule has 144 valence electrons. The Kier molecular flexibility index (Phi) is 5.79. The zero-order chi connectivity index (χ0) is 18.5. The third-order valence-electron chi connectivity index (χ3n) is 5.54. The average Bonchev–Trinajstić information content (AvgIpc) is 3.24. The third kappa shape index (κ3) is 4.73. The highest BCUT2D eigenvalue weighted by molar-refractivity contribution is 5.76. The van der Waals surface area contributed by atoms with E-state index < -0.39 is 0 Å². The Bertz CT molecular complexity index is 713. The van der Waals surface area contributed by atoms with Crippen molar-refractivity contribution in [1.29, 1.82) is 0 Å². The summed E-state index contributed by atoms with van der Waals surface area (Å²) in [5.41, 5.74) is 1.30. The topological polar surface area (TPSA) is 74.3 Å². The highest BCUT2D eigenvalue weighted by Crippen LogP contribution is 2.25. The number of aromatic nitrogens is 3. The molecule has 0 bridgehead atoms. The number of piperidine rings is 1. The molecule has 2 aliphatic rings. The van der Waals surface area contributed by atoms with E-state index in [1.54, 1.807) is 6.33 Å². The molecule has 7 nitrogen and oxygen atoms in total. The Morgan fingerprint density at radius 1 is 1.19 bits per heavy atom. The van der Waals surface area contributed by atoms with Gasteiger partial charge in [-0.1, -0.05) is 30.3 Å². The Labute approximate surface area is 159 Å². The van der Waals surface area contributed by atoms with Gasteiger partial charge in [0.15, 0.2) is 0 Å². The molecule has 1 atom stereocenters. The third-order valence-corrected chi connectivity index (χ3v) is 5.54. The minimum absolute atomic E-state index is 0.0121. The van der Waals surface area contributed by atoms with E-state index in [2.05, 4.69) is 44.3 Å². The number of amides is 1. The van der Waals surface area contributed by atoms with Crippen LogP contribution in [0.4, 0.5) is 0 Å². The number of H-pyrrole nitrogens is 1. The Morgan fingerprint density at radius 3 is 2.74 bits per heavy atom. The Hall–Kier alpha value is -2.25. The SMILES string of the molecule is O=C(CC1CN(Cc2ccccc2)CCO1)N1CCC(c2ncn[nH]2)CC1. The van der Waals surface area contributed by atoms with Crippen LogP contribution in [-0.2, 0) is 16.1 Å². The van der Waals surface area contributed by atoms with Crippen molar-refractivity contribution in [1.82, 2.24) is 25.0 Å². The molecule has 2 saturated heterocycles. The zero-order valence-electron chi connectivity index (χ0n) is 15.6. The van der Waals surface area contributed by atoms with Crippen molar-refractivity contribution in [2.75, 3.05) is 32.8 Å². The first-order valence-corrected chi connectivity index (χ1v) is 9.79. The van der Waals surface area contributed by atoms with Crippen LogP contribution in [-0.4, -0.2) is 69.8 Å². The predicted molar refractivity (Wildman–Crippen MR) is 101 cm³/mol. The number of benzene rings is 1. The second-order valence-corrected chi connectivity index (χ2v) is 7.44. The zero-order valence-corrected chi connectivity index (χ0v) is 15.6. The van der Waals surface area contributed by atoms with E-state index in [0.29, 0.717) is 18.9 Å². The molecular formula is C20H27N5O2. The second-order valence-electron chi connectivity index (χ2n) is 7.44. The van der Waals surface area contributed by atoms with E-state index in [-0.39, 0.29) is 12.0 Å². The lowest BCUT2D eigenvalue weighted by Crippen LogP contribution is -2.45. The van der Waals surface area contributed by atoms with Gasteiger partial charge in [0.2, 0.25) is 5.91 Å². The molecule has 7 heteroatoms. The lowest BCUT2D eigenvalue weighted by molar-refractivity contribution is -0.137. The number of rotatable bonds is 5. The molecule has 1 aromatic heterocycles. The quantitative estimate of drug-likeness (QED) is 0.870. The van der Waals surface area contributed by atoms with Crippen LogP contribution in [0.15, 0.2) is 36.7 Å². The maximum atomic E-state index is 12.7. The van der Waals surface area contributed by atoms with Gasteiger partial charge in [0.1, 0.15) is 12.2 Å². The normalized spacial score (nSPS) is 22.1. The molecular weight excluding hydrogens is 342 g/mol. The van der Waals surface area contributed by atoms with Crippen LogP contribution in [0.3, 0.4) is 0 Å². The summed E-state index contributed by atoms with van der Waals surface area (Å²) in [5.74, 6) is 1.52. The number of carbonyl (C=O) groups excluding carboxylic acids is 1. The van der Waals surface area contributed by atoms with Crippen LogP contribution in [0.1, 0.15) is 36.6 Å². The first-order valence-electron chi connectivity index (χ1n) is 9.79. The Balaban J connectivity index is 1.24. The van der Waals surface area contributed by atoms with Gasteiger partial charge in [0.25, 0.3) is 0 Å².